The summed E-state index contributed by atoms with van der Waals surface area (Å²) < 4.78 is 0. The average Bonchev–Trinajstić information content (AvgIpc) is 2.47. The van der Waals surface area contributed by atoms with Crippen molar-refractivity contribution in [3.05, 3.63) is 23.9 Å². The maximum Gasteiger partial charge on any atom is 0.128 e. The molecule has 0 saturated heterocycles. The van der Waals surface area contributed by atoms with E-state index in [1.807, 2.05) is 12.3 Å². The van der Waals surface area contributed by atoms with Crippen LogP contribution in [0.25, 0.3) is 0 Å². The smallest absolute Gasteiger partial charge is 0.128 e. The molecule has 0 radical (unpaired) electrons. The SMILES string of the molecule is CC(C)C1=CNC2N=CC=CC12.[HH]. The summed E-state index contributed by atoms with van der Waals surface area (Å²) >= 11 is 0. The summed E-state index contributed by atoms with van der Waals surface area (Å²) in [4.78, 5) is 4.35. The van der Waals surface area contributed by atoms with Crippen molar-refractivity contribution < 1.29 is 1.43 Å². The maximum atomic E-state index is 4.35. The molecule has 0 aromatic rings. The van der Waals surface area contributed by atoms with Gasteiger partial charge < -0.3 is 5.32 Å². The van der Waals surface area contributed by atoms with Gasteiger partial charge in [0, 0.05) is 13.6 Å². The van der Waals surface area contributed by atoms with E-state index in [2.05, 4.69) is 36.4 Å². The van der Waals surface area contributed by atoms with Crippen molar-refractivity contribution in [2.75, 3.05) is 0 Å². The Kier molecular flexibility index (Phi) is 1.75. The molecule has 66 valence electrons. The van der Waals surface area contributed by atoms with Gasteiger partial charge in [0.2, 0.25) is 0 Å². The Bertz CT molecular complexity index is 266. The topological polar surface area (TPSA) is 24.4 Å². The molecule has 1 N–H and O–H groups in total. The van der Waals surface area contributed by atoms with E-state index in [1.54, 1.807) is 0 Å². The Morgan fingerprint density at radius 2 is 2.42 bits per heavy atom. The predicted molar refractivity (Wildman–Crippen MR) is 53.1 cm³/mol. The first-order valence-electron chi connectivity index (χ1n) is 4.45. The Labute approximate surface area is 74.6 Å². The second-order valence-corrected chi connectivity index (χ2v) is 3.62. The summed E-state index contributed by atoms with van der Waals surface area (Å²) in [7, 11) is 0. The van der Waals surface area contributed by atoms with Crippen molar-refractivity contribution in [2.24, 2.45) is 16.8 Å². The lowest BCUT2D eigenvalue weighted by molar-refractivity contribution is 0.530. The molecule has 2 rings (SSSR count). The molecule has 0 fully saturated rings. The van der Waals surface area contributed by atoms with Gasteiger partial charge >= 0.3 is 0 Å². The molecule has 0 aliphatic carbocycles. The van der Waals surface area contributed by atoms with E-state index >= 15 is 0 Å². The average molecular weight is 164 g/mol. The number of allylic oxidation sites excluding steroid dienone is 1. The highest BCUT2D eigenvalue weighted by Crippen LogP contribution is 2.30. The number of hydrogen-bond donors (Lipinski definition) is 1. The van der Waals surface area contributed by atoms with Crippen LogP contribution in [0.5, 0.6) is 0 Å². The van der Waals surface area contributed by atoms with Gasteiger partial charge in [0.1, 0.15) is 6.17 Å². The molecule has 2 nitrogen and oxygen atoms in total. The van der Waals surface area contributed by atoms with E-state index in [0.29, 0.717) is 11.8 Å². The largest absolute Gasteiger partial charge is 0.369 e. The Hall–Kier alpha value is -1.05. The number of nitrogens with zero attached hydrogens (tertiary/aromatic N) is 1. The second kappa shape index (κ2) is 2.77. The summed E-state index contributed by atoms with van der Waals surface area (Å²) in [6.07, 6.45) is 8.51. The van der Waals surface area contributed by atoms with E-state index in [-0.39, 0.29) is 7.59 Å². The third-order valence-electron chi connectivity index (χ3n) is 2.46. The number of nitrogens with one attached hydrogen (secondary N) is 1. The van der Waals surface area contributed by atoms with Crippen LogP contribution in [0.2, 0.25) is 0 Å². The van der Waals surface area contributed by atoms with Crippen LogP contribution in [-0.4, -0.2) is 12.4 Å². The number of aliphatic imine (C=N–C) groups is 1. The summed E-state index contributed by atoms with van der Waals surface area (Å²) in [5.74, 6) is 1.11. The maximum absolute atomic E-state index is 4.35. The van der Waals surface area contributed by atoms with Crippen LogP contribution < -0.4 is 5.32 Å². The lowest BCUT2D eigenvalue weighted by Crippen LogP contribution is -2.26. The normalized spacial score (nSPS) is 31.8. The van der Waals surface area contributed by atoms with E-state index in [9.17, 15) is 0 Å². The summed E-state index contributed by atoms with van der Waals surface area (Å²) in [5.41, 5.74) is 1.47. The minimum atomic E-state index is 0. The van der Waals surface area contributed by atoms with Gasteiger partial charge in [-0.1, -0.05) is 19.9 Å². The molecule has 12 heavy (non-hydrogen) atoms. The van der Waals surface area contributed by atoms with Crippen molar-refractivity contribution in [3.8, 4) is 0 Å². The number of hydrogen-bond acceptors (Lipinski definition) is 2. The summed E-state index contributed by atoms with van der Waals surface area (Å²) in [6, 6.07) is 0. The molecule has 2 atom stereocenters. The molecule has 0 saturated carbocycles. The Morgan fingerprint density at radius 3 is 3.17 bits per heavy atom. The number of rotatable bonds is 1. The predicted octanol–water partition coefficient (Wildman–Crippen LogP) is 1.96. The van der Waals surface area contributed by atoms with E-state index in [0.717, 1.165) is 0 Å². The lowest BCUT2D eigenvalue weighted by atomic mass is 9.90. The molecule has 2 heteroatoms. The highest BCUT2D eigenvalue weighted by molar-refractivity contribution is 5.72. The second-order valence-electron chi connectivity index (χ2n) is 3.62. The fraction of sp³-hybridized carbons (Fsp3) is 0.500. The third-order valence-corrected chi connectivity index (χ3v) is 2.46. The first-order valence-corrected chi connectivity index (χ1v) is 4.45. The molecule has 2 heterocycles. The van der Waals surface area contributed by atoms with Gasteiger partial charge in [0.15, 0.2) is 0 Å². The molecular weight excluding hydrogens is 148 g/mol. The zero-order valence-corrected chi connectivity index (χ0v) is 7.49. The molecule has 0 spiro atoms. The van der Waals surface area contributed by atoms with E-state index in [1.165, 1.54) is 5.57 Å². The first-order chi connectivity index (χ1) is 5.79. The highest BCUT2D eigenvalue weighted by atomic mass is 15.1. The molecule has 2 aliphatic heterocycles. The van der Waals surface area contributed by atoms with Crippen molar-refractivity contribution >= 4 is 6.21 Å². The molecule has 2 unspecified atom stereocenters. The van der Waals surface area contributed by atoms with Crippen LogP contribution in [0, 0.1) is 11.8 Å². The van der Waals surface area contributed by atoms with Gasteiger partial charge in [-0.15, -0.1) is 0 Å². The van der Waals surface area contributed by atoms with Crippen molar-refractivity contribution in [2.45, 2.75) is 20.0 Å². The molecule has 0 aromatic carbocycles. The Balaban J connectivity index is 0.000000845. The Morgan fingerprint density at radius 1 is 1.58 bits per heavy atom. The summed E-state index contributed by atoms with van der Waals surface area (Å²) in [6.45, 7) is 4.45. The molecule has 0 bridgehead atoms. The van der Waals surface area contributed by atoms with Crippen LogP contribution in [-0.2, 0) is 0 Å². The summed E-state index contributed by atoms with van der Waals surface area (Å²) in [5, 5.41) is 3.28. The minimum Gasteiger partial charge on any atom is -0.369 e. The van der Waals surface area contributed by atoms with Gasteiger partial charge in [-0.25, -0.2) is 0 Å². The highest BCUT2D eigenvalue weighted by Gasteiger charge is 2.28. The van der Waals surface area contributed by atoms with Crippen molar-refractivity contribution in [1.29, 1.82) is 0 Å². The van der Waals surface area contributed by atoms with Gasteiger partial charge in [-0.3, -0.25) is 4.99 Å². The van der Waals surface area contributed by atoms with Crippen molar-refractivity contribution in [3.63, 3.8) is 0 Å². The fourth-order valence-electron chi connectivity index (χ4n) is 1.78. The molecule has 0 aromatic heterocycles. The number of dihydropyridines is 1. The van der Waals surface area contributed by atoms with Crippen LogP contribution in [0.4, 0.5) is 0 Å². The molecule has 2 aliphatic rings. The molecule has 0 amide bonds. The van der Waals surface area contributed by atoms with Crippen LogP contribution in [0.15, 0.2) is 28.9 Å². The monoisotopic (exact) mass is 164 g/mol. The van der Waals surface area contributed by atoms with Crippen LogP contribution in [0.1, 0.15) is 15.3 Å². The van der Waals surface area contributed by atoms with Gasteiger partial charge in [-0.2, -0.15) is 0 Å². The quantitative estimate of drug-likeness (QED) is 0.629. The van der Waals surface area contributed by atoms with Gasteiger partial charge in [0.25, 0.3) is 0 Å². The third kappa shape index (κ3) is 1.07. The molecular formula is C10H16N2. The number of fused-ring (bicyclic) bond motifs is 1. The standard InChI is InChI=1S/C10H14N2.H2/c1-7(2)9-6-12-10-8(9)4-3-5-11-10;/h3-8,10,12H,1-2H3;1H. The van der Waals surface area contributed by atoms with Gasteiger partial charge in [-0.05, 0) is 23.8 Å². The zero-order chi connectivity index (χ0) is 8.55. The van der Waals surface area contributed by atoms with Crippen LogP contribution in [0.3, 0.4) is 0 Å². The fourth-order valence-corrected chi connectivity index (χ4v) is 1.78. The van der Waals surface area contributed by atoms with Crippen molar-refractivity contribution in [1.82, 2.24) is 5.32 Å². The van der Waals surface area contributed by atoms with Crippen LogP contribution >= 0.6 is 0 Å². The van der Waals surface area contributed by atoms with E-state index < -0.39 is 0 Å². The lowest BCUT2D eigenvalue weighted by Gasteiger charge is -2.19. The van der Waals surface area contributed by atoms with E-state index in [4.69, 9.17) is 0 Å². The first kappa shape index (κ1) is 7.59. The zero-order valence-electron chi connectivity index (χ0n) is 7.49. The minimum absolute atomic E-state index is 0. The van der Waals surface area contributed by atoms with Gasteiger partial charge in [0.05, 0.1) is 0 Å².